The Kier molecular flexibility index (Phi) is 11.1. The molecule has 0 spiro atoms. The standard InChI is InChI=1S/C23H44O4Si2/c1-9-10-11-12-13-14-15-19-20(16-17-23(24)25-2)22(27-29(6,7)8)18-21(19)26-28(3,4)5/h10-11,14-15,19-22H,9,12-13,16-18H2,1-8H3. The van der Waals surface area contributed by atoms with Crippen LogP contribution < -0.4 is 0 Å². The van der Waals surface area contributed by atoms with E-state index >= 15 is 0 Å². The summed E-state index contributed by atoms with van der Waals surface area (Å²) in [4.78, 5) is 11.8. The van der Waals surface area contributed by atoms with Crippen LogP contribution in [0.5, 0.6) is 0 Å². The average Bonchev–Trinajstić information content (AvgIpc) is 2.88. The van der Waals surface area contributed by atoms with Crippen molar-refractivity contribution >= 4 is 22.6 Å². The van der Waals surface area contributed by atoms with Crippen molar-refractivity contribution in [3.05, 3.63) is 24.3 Å². The molecule has 0 aliphatic heterocycles. The normalized spacial score (nSPS) is 25.9. The molecule has 6 heteroatoms. The first kappa shape index (κ1) is 26.3. The van der Waals surface area contributed by atoms with E-state index in [0.717, 1.165) is 32.1 Å². The molecule has 29 heavy (non-hydrogen) atoms. The van der Waals surface area contributed by atoms with Crippen molar-refractivity contribution in [1.82, 2.24) is 0 Å². The third kappa shape index (κ3) is 10.8. The summed E-state index contributed by atoms with van der Waals surface area (Å²) < 4.78 is 18.1. The summed E-state index contributed by atoms with van der Waals surface area (Å²) in [5.41, 5.74) is 0. The maximum atomic E-state index is 11.8. The summed E-state index contributed by atoms with van der Waals surface area (Å²) in [6, 6.07) is 0. The van der Waals surface area contributed by atoms with Crippen molar-refractivity contribution in [1.29, 1.82) is 0 Å². The number of carbonyl (C=O) groups excluding carboxylic acids is 1. The second kappa shape index (κ2) is 12.2. The summed E-state index contributed by atoms with van der Waals surface area (Å²) in [6.45, 7) is 15.6. The van der Waals surface area contributed by atoms with Crippen LogP contribution in [0.1, 0.15) is 45.4 Å². The van der Waals surface area contributed by atoms with Crippen molar-refractivity contribution in [2.75, 3.05) is 7.11 Å². The molecule has 0 aromatic rings. The minimum atomic E-state index is -1.69. The summed E-state index contributed by atoms with van der Waals surface area (Å²) in [5, 5.41) is 0. The molecule has 4 unspecified atom stereocenters. The molecule has 1 aliphatic carbocycles. The number of allylic oxidation sites excluding steroid dienone is 3. The van der Waals surface area contributed by atoms with Gasteiger partial charge in [-0.05, 0) is 77.3 Å². The first-order valence-corrected chi connectivity index (χ1v) is 18.0. The van der Waals surface area contributed by atoms with Crippen molar-refractivity contribution in [2.24, 2.45) is 11.8 Å². The molecule has 1 fully saturated rings. The molecule has 0 bridgehead atoms. The van der Waals surface area contributed by atoms with E-state index < -0.39 is 16.6 Å². The van der Waals surface area contributed by atoms with Crippen molar-refractivity contribution in [3.8, 4) is 0 Å². The highest BCUT2D eigenvalue weighted by atomic mass is 28.4. The van der Waals surface area contributed by atoms with Crippen LogP contribution in [0.4, 0.5) is 0 Å². The van der Waals surface area contributed by atoms with Gasteiger partial charge in [-0.25, -0.2) is 0 Å². The molecule has 0 aromatic heterocycles. The molecule has 0 saturated heterocycles. The minimum absolute atomic E-state index is 0.140. The Labute approximate surface area is 181 Å². The number of hydrogen-bond donors (Lipinski definition) is 0. The predicted octanol–water partition coefficient (Wildman–Crippen LogP) is 6.32. The fourth-order valence-electron chi connectivity index (χ4n) is 4.02. The van der Waals surface area contributed by atoms with E-state index in [9.17, 15) is 4.79 Å². The fourth-order valence-corrected chi connectivity index (χ4v) is 6.36. The maximum absolute atomic E-state index is 11.8. The third-order valence-electron chi connectivity index (χ3n) is 5.05. The van der Waals surface area contributed by atoms with E-state index in [2.05, 4.69) is 70.5 Å². The van der Waals surface area contributed by atoms with Gasteiger partial charge in [0.15, 0.2) is 16.6 Å². The van der Waals surface area contributed by atoms with E-state index in [0.29, 0.717) is 18.3 Å². The molecule has 1 aliphatic rings. The smallest absolute Gasteiger partial charge is 0.305 e. The lowest BCUT2D eigenvalue weighted by Gasteiger charge is -2.30. The lowest BCUT2D eigenvalue weighted by Crippen LogP contribution is -2.35. The number of methoxy groups -OCH3 is 1. The van der Waals surface area contributed by atoms with E-state index in [1.54, 1.807) is 0 Å². The molecule has 0 radical (unpaired) electrons. The summed E-state index contributed by atoms with van der Waals surface area (Å²) in [7, 11) is -1.91. The van der Waals surface area contributed by atoms with Crippen LogP contribution in [0.3, 0.4) is 0 Å². The van der Waals surface area contributed by atoms with Gasteiger partial charge in [-0.1, -0.05) is 31.2 Å². The predicted molar refractivity (Wildman–Crippen MR) is 127 cm³/mol. The zero-order chi connectivity index (χ0) is 22.1. The van der Waals surface area contributed by atoms with Crippen LogP contribution in [-0.4, -0.2) is 41.9 Å². The topological polar surface area (TPSA) is 44.8 Å². The fraction of sp³-hybridized carbons (Fsp3) is 0.783. The van der Waals surface area contributed by atoms with Gasteiger partial charge >= 0.3 is 5.97 Å². The van der Waals surface area contributed by atoms with Crippen molar-refractivity contribution in [3.63, 3.8) is 0 Å². The third-order valence-corrected chi connectivity index (χ3v) is 7.07. The second-order valence-corrected chi connectivity index (χ2v) is 18.9. The monoisotopic (exact) mass is 440 g/mol. The van der Waals surface area contributed by atoms with Crippen LogP contribution in [0.25, 0.3) is 0 Å². The molecule has 0 aromatic carbocycles. The van der Waals surface area contributed by atoms with Crippen LogP contribution in [0.15, 0.2) is 24.3 Å². The van der Waals surface area contributed by atoms with Crippen LogP contribution in [0.2, 0.25) is 39.3 Å². The first-order valence-electron chi connectivity index (χ1n) is 11.2. The van der Waals surface area contributed by atoms with Gasteiger partial charge in [0.25, 0.3) is 0 Å². The average molecular weight is 441 g/mol. The van der Waals surface area contributed by atoms with Gasteiger partial charge in [0, 0.05) is 12.3 Å². The summed E-state index contributed by atoms with van der Waals surface area (Å²) in [6.07, 6.45) is 14.8. The highest BCUT2D eigenvalue weighted by Crippen LogP contribution is 2.42. The summed E-state index contributed by atoms with van der Waals surface area (Å²) in [5.74, 6) is 0.450. The lowest BCUT2D eigenvalue weighted by atomic mass is 9.89. The van der Waals surface area contributed by atoms with E-state index in [-0.39, 0.29) is 18.2 Å². The van der Waals surface area contributed by atoms with Gasteiger partial charge in [-0.3, -0.25) is 4.79 Å². The molecule has 0 N–H and O–H groups in total. The molecule has 1 rings (SSSR count). The Balaban J connectivity index is 3.01. The van der Waals surface area contributed by atoms with E-state index in [1.807, 2.05) is 0 Å². The number of ether oxygens (including phenoxy) is 1. The Bertz CT molecular complexity index is 546. The molecular formula is C23H44O4Si2. The maximum Gasteiger partial charge on any atom is 0.305 e. The first-order chi connectivity index (χ1) is 13.5. The quantitative estimate of drug-likeness (QED) is 0.154. The van der Waals surface area contributed by atoms with E-state index in [1.165, 1.54) is 7.11 Å². The number of hydrogen-bond acceptors (Lipinski definition) is 4. The number of esters is 1. The Hall–Kier alpha value is -0.696. The number of rotatable bonds is 12. The van der Waals surface area contributed by atoms with Gasteiger partial charge < -0.3 is 13.6 Å². The molecule has 1 saturated carbocycles. The molecule has 0 amide bonds. The summed E-state index contributed by atoms with van der Waals surface area (Å²) >= 11 is 0. The van der Waals surface area contributed by atoms with Gasteiger partial charge in [0.1, 0.15) is 0 Å². The molecule has 4 nitrogen and oxygen atoms in total. The largest absolute Gasteiger partial charge is 0.469 e. The van der Waals surface area contributed by atoms with Gasteiger partial charge in [-0.2, -0.15) is 0 Å². The number of carbonyl (C=O) groups is 1. The Morgan fingerprint density at radius 3 is 2.07 bits per heavy atom. The Morgan fingerprint density at radius 2 is 1.52 bits per heavy atom. The highest BCUT2D eigenvalue weighted by Gasteiger charge is 2.45. The van der Waals surface area contributed by atoms with Crippen LogP contribution >= 0.6 is 0 Å². The van der Waals surface area contributed by atoms with Crippen molar-refractivity contribution < 1.29 is 18.4 Å². The zero-order valence-corrected chi connectivity index (χ0v) is 22.0. The SMILES string of the molecule is CCC=CCCC=CC1C(O[Si](C)(C)C)CC(O[Si](C)(C)C)C1CCC(=O)OC. The van der Waals surface area contributed by atoms with E-state index in [4.69, 9.17) is 13.6 Å². The minimum Gasteiger partial charge on any atom is -0.469 e. The number of unbranched alkanes of at least 4 members (excludes halogenated alkanes) is 1. The second-order valence-electron chi connectivity index (χ2n) is 10.0. The van der Waals surface area contributed by atoms with Crippen LogP contribution in [0, 0.1) is 11.8 Å². The van der Waals surface area contributed by atoms with Crippen LogP contribution in [-0.2, 0) is 18.4 Å². The zero-order valence-electron chi connectivity index (χ0n) is 20.0. The molecule has 168 valence electrons. The highest BCUT2D eigenvalue weighted by molar-refractivity contribution is 6.70. The molecular weight excluding hydrogens is 396 g/mol. The Morgan fingerprint density at radius 1 is 0.931 bits per heavy atom. The van der Waals surface area contributed by atoms with Crippen molar-refractivity contribution in [2.45, 2.75) is 96.9 Å². The lowest BCUT2D eigenvalue weighted by molar-refractivity contribution is -0.141. The molecule has 4 atom stereocenters. The molecule has 0 heterocycles. The van der Waals surface area contributed by atoms with Gasteiger partial charge in [0.05, 0.1) is 19.3 Å². The van der Waals surface area contributed by atoms with Gasteiger partial charge in [0.2, 0.25) is 0 Å². The van der Waals surface area contributed by atoms with Gasteiger partial charge in [-0.15, -0.1) is 0 Å².